The second kappa shape index (κ2) is 6.29. The largest absolute Gasteiger partial charge is 0.495 e. The molecule has 20 heavy (non-hydrogen) atoms. The zero-order valence-corrected chi connectivity index (χ0v) is 13.4. The molecule has 0 atom stereocenters. The van der Waals surface area contributed by atoms with Crippen molar-refractivity contribution in [1.29, 1.82) is 0 Å². The summed E-state index contributed by atoms with van der Waals surface area (Å²) in [6.45, 7) is 0. The molecule has 0 aliphatic heterocycles. The minimum atomic E-state index is -0.194. The Morgan fingerprint density at radius 1 is 1.25 bits per heavy atom. The summed E-state index contributed by atoms with van der Waals surface area (Å²) in [5.41, 5.74) is 1.13. The molecule has 3 nitrogen and oxygen atoms in total. The highest BCUT2D eigenvalue weighted by atomic mass is 79.9. The molecular weight excluding hydrogens is 342 g/mol. The van der Waals surface area contributed by atoms with Crippen LogP contribution in [0.25, 0.3) is 0 Å². The third kappa shape index (κ3) is 2.97. The highest BCUT2D eigenvalue weighted by Gasteiger charge is 2.19. The molecule has 2 rings (SSSR count). The Morgan fingerprint density at radius 3 is 2.65 bits per heavy atom. The number of para-hydroxylation sites is 2. The first-order valence-corrected chi connectivity index (χ1v) is 7.08. The van der Waals surface area contributed by atoms with E-state index in [-0.39, 0.29) is 5.91 Å². The number of methoxy groups -OCH3 is 1. The Bertz CT molecular complexity index is 646. The van der Waals surface area contributed by atoms with Crippen LogP contribution in [-0.2, 0) is 0 Å². The van der Waals surface area contributed by atoms with Crippen molar-refractivity contribution in [3.05, 3.63) is 57.5 Å². The molecule has 1 amide bonds. The third-order valence-corrected chi connectivity index (χ3v) is 3.73. The molecule has 0 radical (unpaired) electrons. The van der Waals surface area contributed by atoms with E-state index in [9.17, 15) is 4.79 Å². The number of anilines is 1. The maximum Gasteiger partial charge on any atom is 0.259 e. The van der Waals surface area contributed by atoms with E-state index < -0.39 is 0 Å². The Labute approximate surface area is 131 Å². The lowest BCUT2D eigenvalue weighted by Gasteiger charge is -2.20. The number of carbonyl (C=O) groups excluding carboxylic acids is 1. The third-order valence-electron chi connectivity index (χ3n) is 2.91. The molecule has 0 fully saturated rings. The van der Waals surface area contributed by atoms with Gasteiger partial charge in [0.1, 0.15) is 5.75 Å². The van der Waals surface area contributed by atoms with Crippen LogP contribution >= 0.6 is 27.5 Å². The number of amides is 1. The number of halogens is 2. The average Bonchev–Trinajstić information content (AvgIpc) is 2.48. The Balaban J connectivity index is 2.40. The summed E-state index contributed by atoms with van der Waals surface area (Å²) < 4.78 is 6.07. The van der Waals surface area contributed by atoms with Gasteiger partial charge in [0.15, 0.2) is 0 Å². The van der Waals surface area contributed by atoms with E-state index >= 15 is 0 Å². The van der Waals surface area contributed by atoms with Crippen LogP contribution in [0.5, 0.6) is 5.75 Å². The topological polar surface area (TPSA) is 29.5 Å². The number of ether oxygens (including phenoxy) is 1. The summed E-state index contributed by atoms with van der Waals surface area (Å²) in [6, 6.07) is 12.5. The highest BCUT2D eigenvalue weighted by molar-refractivity contribution is 9.10. The number of hydrogen-bond donors (Lipinski definition) is 0. The molecule has 0 aromatic heterocycles. The van der Waals surface area contributed by atoms with Crippen molar-refractivity contribution in [2.75, 3.05) is 19.1 Å². The van der Waals surface area contributed by atoms with Crippen molar-refractivity contribution in [2.45, 2.75) is 0 Å². The van der Waals surface area contributed by atoms with Crippen molar-refractivity contribution in [3.63, 3.8) is 0 Å². The maximum absolute atomic E-state index is 12.6. The maximum atomic E-state index is 12.6. The van der Waals surface area contributed by atoms with Crippen molar-refractivity contribution in [3.8, 4) is 5.75 Å². The number of nitrogens with zero attached hydrogens (tertiary/aromatic N) is 1. The van der Waals surface area contributed by atoms with Crippen molar-refractivity contribution in [1.82, 2.24) is 0 Å². The van der Waals surface area contributed by atoms with Crippen LogP contribution in [0.2, 0.25) is 5.02 Å². The second-order valence-corrected chi connectivity index (χ2v) is 5.48. The number of benzene rings is 2. The zero-order chi connectivity index (χ0) is 14.7. The van der Waals surface area contributed by atoms with E-state index in [2.05, 4.69) is 15.9 Å². The van der Waals surface area contributed by atoms with Crippen LogP contribution in [0, 0.1) is 0 Å². The summed E-state index contributed by atoms with van der Waals surface area (Å²) >= 11 is 9.44. The molecule has 0 saturated heterocycles. The molecular formula is C15H13BrClNO2. The minimum absolute atomic E-state index is 0.194. The fourth-order valence-electron chi connectivity index (χ4n) is 1.86. The molecule has 0 unspecified atom stereocenters. The van der Waals surface area contributed by atoms with Gasteiger partial charge in [-0.05, 0) is 30.3 Å². The summed E-state index contributed by atoms with van der Waals surface area (Å²) in [6.07, 6.45) is 0. The summed E-state index contributed by atoms with van der Waals surface area (Å²) in [7, 11) is 3.26. The molecule has 0 saturated carbocycles. The molecule has 0 aliphatic carbocycles. The van der Waals surface area contributed by atoms with Gasteiger partial charge in [0, 0.05) is 11.5 Å². The normalized spacial score (nSPS) is 10.2. The van der Waals surface area contributed by atoms with E-state index in [1.807, 2.05) is 24.3 Å². The molecule has 0 spiro atoms. The van der Waals surface area contributed by atoms with Gasteiger partial charge in [-0.2, -0.15) is 0 Å². The van der Waals surface area contributed by atoms with Gasteiger partial charge in [0.2, 0.25) is 0 Å². The molecule has 104 valence electrons. The van der Waals surface area contributed by atoms with Gasteiger partial charge in [0.25, 0.3) is 5.91 Å². The van der Waals surface area contributed by atoms with Gasteiger partial charge in [0.05, 0.1) is 23.4 Å². The highest BCUT2D eigenvalue weighted by Crippen LogP contribution is 2.29. The fraction of sp³-hybridized carbons (Fsp3) is 0.133. The number of hydrogen-bond acceptors (Lipinski definition) is 2. The Kier molecular flexibility index (Phi) is 4.68. The lowest BCUT2D eigenvalue weighted by Crippen LogP contribution is -2.26. The second-order valence-electron chi connectivity index (χ2n) is 4.16. The zero-order valence-electron chi connectivity index (χ0n) is 11.1. The van der Waals surface area contributed by atoms with Gasteiger partial charge in [-0.15, -0.1) is 0 Å². The van der Waals surface area contributed by atoms with E-state index in [1.165, 1.54) is 4.90 Å². The van der Waals surface area contributed by atoms with Crippen LogP contribution in [-0.4, -0.2) is 20.1 Å². The van der Waals surface area contributed by atoms with Crippen molar-refractivity contribution >= 4 is 39.1 Å². The molecule has 0 heterocycles. The van der Waals surface area contributed by atoms with E-state index in [0.29, 0.717) is 22.0 Å². The smallest absolute Gasteiger partial charge is 0.259 e. The number of rotatable bonds is 3. The monoisotopic (exact) mass is 353 g/mol. The summed E-state index contributed by atoms with van der Waals surface area (Å²) in [5, 5.41) is 0.417. The van der Waals surface area contributed by atoms with Gasteiger partial charge in [-0.3, -0.25) is 4.79 Å². The lowest BCUT2D eigenvalue weighted by molar-refractivity contribution is 0.0992. The predicted molar refractivity (Wildman–Crippen MR) is 84.9 cm³/mol. The molecule has 2 aromatic carbocycles. The fourth-order valence-corrected chi connectivity index (χ4v) is 2.42. The SMILES string of the molecule is COc1ccccc1N(C)C(=O)c1cc(Br)ccc1Cl. The summed E-state index contributed by atoms with van der Waals surface area (Å²) in [5.74, 6) is 0.440. The van der Waals surface area contributed by atoms with E-state index in [0.717, 1.165) is 4.47 Å². The lowest BCUT2D eigenvalue weighted by atomic mass is 10.2. The molecule has 0 bridgehead atoms. The Morgan fingerprint density at radius 2 is 1.95 bits per heavy atom. The standard InChI is InChI=1S/C15H13BrClNO2/c1-18(13-5-3-4-6-14(13)20-2)15(19)11-9-10(16)7-8-12(11)17/h3-9H,1-2H3. The van der Waals surface area contributed by atoms with Crippen molar-refractivity contribution in [2.24, 2.45) is 0 Å². The molecule has 5 heteroatoms. The van der Waals surface area contributed by atoms with E-state index in [4.69, 9.17) is 16.3 Å². The molecule has 0 aliphatic rings. The van der Waals surface area contributed by atoms with Crippen LogP contribution in [0.15, 0.2) is 46.9 Å². The van der Waals surface area contributed by atoms with Gasteiger partial charge < -0.3 is 9.64 Å². The average molecular weight is 355 g/mol. The quantitative estimate of drug-likeness (QED) is 0.818. The first kappa shape index (κ1) is 14.9. The molecule has 2 aromatic rings. The van der Waals surface area contributed by atoms with Gasteiger partial charge >= 0.3 is 0 Å². The summed E-state index contributed by atoms with van der Waals surface area (Å²) in [4.78, 5) is 14.1. The van der Waals surface area contributed by atoms with Crippen LogP contribution in [0.3, 0.4) is 0 Å². The Hall–Kier alpha value is -1.52. The molecule has 0 N–H and O–H groups in total. The van der Waals surface area contributed by atoms with Crippen molar-refractivity contribution < 1.29 is 9.53 Å². The van der Waals surface area contributed by atoms with E-state index in [1.54, 1.807) is 32.4 Å². The van der Waals surface area contributed by atoms with Gasteiger partial charge in [-0.1, -0.05) is 39.7 Å². The van der Waals surface area contributed by atoms with Gasteiger partial charge in [-0.25, -0.2) is 0 Å². The predicted octanol–water partition coefficient (Wildman–Crippen LogP) is 4.39. The number of carbonyl (C=O) groups is 1. The first-order chi connectivity index (χ1) is 9.54. The van der Waals surface area contributed by atoms with Crippen LogP contribution < -0.4 is 9.64 Å². The van der Waals surface area contributed by atoms with Crippen LogP contribution in [0.4, 0.5) is 5.69 Å². The van der Waals surface area contributed by atoms with Crippen LogP contribution in [0.1, 0.15) is 10.4 Å². The minimum Gasteiger partial charge on any atom is -0.495 e. The first-order valence-electron chi connectivity index (χ1n) is 5.90.